The van der Waals surface area contributed by atoms with E-state index >= 15 is 0 Å². The van der Waals surface area contributed by atoms with Crippen molar-refractivity contribution < 1.29 is 73.3 Å². The molecule has 0 heterocycles. The van der Waals surface area contributed by atoms with Crippen molar-refractivity contribution in [3.05, 3.63) is 307 Å². The van der Waals surface area contributed by atoms with Gasteiger partial charge in [0, 0.05) is 0 Å². The van der Waals surface area contributed by atoms with Gasteiger partial charge in [-0.1, -0.05) is 102 Å². The second-order valence-electron chi connectivity index (χ2n) is 20.5. The number of rotatable bonds is 4. The molecule has 392 valence electrons. The molecule has 0 amide bonds. The van der Waals surface area contributed by atoms with Crippen molar-refractivity contribution in [1.29, 1.82) is 0 Å². The van der Waals surface area contributed by atoms with Gasteiger partial charge in [-0.3, -0.25) is 0 Å². The molecule has 0 bridgehead atoms. The van der Waals surface area contributed by atoms with E-state index in [2.05, 4.69) is 301 Å². The third-order valence-corrected chi connectivity index (χ3v) is 17.0. The van der Waals surface area contributed by atoms with Crippen LogP contribution in [0.4, 0.5) is 0 Å². The van der Waals surface area contributed by atoms with Crippen molar-refractivity contribution >= 4 is 49.5 Å². The van der Waals surface area contributed by atoms with Crippen LogP contribution < -0.4 is 24.8 Å². The van der Waals surface area contributed by atoms with E-state index in [0.29, 0.717) is 0 Å². The van der Waals surface area contributed by atoms with E-state index < -0.39 is 0 Å². The molecule has 12 aromatic rings. The number of fused-ring (bicyclic) bond motifs is 4. The Labute approximate surface area is 508 Å². The average molecular weight is 1210 g/mol. The number of hydrogen-bond acceptors (Lipinski definition) is 0. The number of benzene rings is 8. The Morgan fingerprint density at radius 3 is 0.577 bits per heavy atom. The summed E-state index contributed by atoms with van der Waals surface area (Å²) in [5, 5.41) is 11.3. The van der Waals surface area contributed by atoms with Crippen molar-refractivity contribution in [1.82, 2.24) is 0 Å². The predicted molar refractivity (Wildman–Crippen MR) is 327 cm³/mol. The molecule has 0 aliphatic rings. The Balaban J connectivity index is 0.000000172. The van der Waals surface area contributed by atoms with Crippen LogP contribution in [0.1, 0.15) is 89.0 Å². The Hall–Kier alpha value is -5.71. The molecule has 0 saturated heterocycles. The van der Waals surface area contributed by atoms with Crippen LogP contribution in [0.5, 0.6) is 0 Å². The standard InChI is InChI=1S/2C13H10.4C12H13.2ClH.2Zr/c2*1-3-7-12(8-4-1)11-13-9-5-2-6-10-13;4*1-8-6-11-9(2)4-5-10(3)12(11)7-8;;;;/h2*1-10H;4*4-7H,1-3H3;2*1H;;/q;;4*-1;;;2*+2/p-2. The molecule has 0 N–H and O–H groups in total. The van der Waals surface area contributed by atoms with E-state index in [4.69, 9.17) is 0 Å². The van der Waals surface area contributed by atoms with Crippen LogP contribution in [-0.2, 0) is 48.5 Å². The van der Waals surface area contributed by atoms with E-state index in [-0.39, 0.29) is 24.8 Å². The van der Waals surface area contributed by atoms with Crippen LogP contribution in [0.25, 0.3) is 43.1 Å². The third-order valence-electron chi connectivity index (χ3n) is 14.1. The van der Waals surface area contributed by atoms with Gasteiger partial charge in [0.2, 0.25) is 0 Å². The molecular weight excluding hydrogens is 1140 g/mol. The zero-order valence-corrected chi connectivity index (χ0v) is 54.0. The topological polar surface area (TPSA) is 0 Å². The molecule has 4 heteroatoms. The molecule has 0 saturated carbocycles. The van der Waals surface area contributed by atoms with Gasteiger partial charge in [-0.05, 0) is 27.7 Å². The summed E-state index contributed by atoms with van der Waals surface area (Å²) in [5.41, 5.74) is 21.8. The van der Waals surface area contributed by atoms with Gasteiger partial charge in [0.05, 0.1) is 0 Å². The van der Waals surface area contributed by atoms with Gasteiger partial charge < -0.3 is 24.8 Å². The molecule has 78 heavy (non-hydrogen) atoms. The molecule has 0 aliphatic carbocycles. The zero-order valence-electron chi connectivity index (χ0n) is 47.5. The summed E-state index contributed by atoms with van der Waals surface area (Å²) in [6.45, 7) is 25.9. The van der Waals surface area contributed by atoms with Crippen LogP contribution >= 0.6 is 0 Å². The van der Waals surface area contributed by atoms with Gasteiger partial charge >= 0.3 is 198 Å². The van der Waals surface area contributed by atoms with E-state index in [1.807, 2.05) is 0 Å². The fourth-order valence-corrected chi connectivity index (χ4v) is 11.3. The first-order valence-corrected chi connectivity index (χ1v) is 28.9. The third kappa shape index (κ3) is 16.7. The second kappa shape index (κ2) is 30.0. The Morgan fingerprint density at radius 2 is 0.410 bits per heavy atom. The fraction of sp³-hybridized carbons (Fsp3) is 0.162. The van der Waals surface area contributed by atoms with Gasteiger partial charge in [0.25, 0.3) is 0 Å². The Kier molecular flexibility index (Phi) is 24.3. The summed E-state index contributed by atoms with van der Waals surface area (Å²) in [5.74, 6) is 0. The summed E-state index contributed by atoms with van der Waals surface area (Å²) in [7, 11) is 0. The van der Waals surface area contributed by atoms with E-state index in [9.17, 15) is 0 Å². The second-order valence-corrected chi connectivity index (χ2v) is 22.9. The van der Waals surface area contributed by atoms with Crippen LogP contribution in [0.3, 0.4) is 0 Å². The molecule has 0 aromatic heterocycles. The van der Waals surface area contributed by atoms with Gasteiger partial charge in [-0.25, -0.2) is 0 Å². The van der Waals surface area contributed by atoms with E-state index in [1.165, 1.54) is 187 Å². The minimum atomic E-state index is 0. The molecule has 0 fully saturated rings. The summed E-state index contributed by atoms with van der Waals surface area (Å²) in [4.78, 5) is 0. The number of hydrogen-bond donors (Lipinski definition) is 0. The summed E-state index contributed by atoms with van der Waals surface area (Å²) in [6, 6.07) is 77.8. The normalized spacial score (nSPS) is 10.3. The first-order chi connectivity index (χ1) is 36.5. The average Bonchev–Trinajstić information content (AvgIpc) is 4.26. The van der Waals surface area contributed by atoms with Crippen LogP contribution in [0.15, 0.2) is 218 Å². The van der Waals surface area contributed by atoms with Crippen molar-refractivity contribution in [2.24, 2.45) is 0 Å². The monoisotopic (exact) mass is 1210 g/mol. The molecule has 0 radical (unpaired) electrons. The maximum atomic E-state index is 2.26. The van der Waals surface area contributed by atoms with Crippen molar-refractivity contribution in [3.8, 4) is 0 Å². The molecule has 0 spiro atoms. The van der Waals surface area contributed by atoms with E-state index in [0.717, 1.165) is 0 Å². The summed E-state index contributed by atoms with van der Waals surface area (Å²) >= 11 is 2.92. The number of aryl methyl sites for hydroxylation is 12. The van der Waals surface area contributed by atoms with E-state index in [1.54, 1.807) is 0 Å². The maximum absolute atomic E-state index is 2.26. The summed E-state index contributed by atoms with van der Waals surface area (Å²) in [6.07, 6.45) is 0. The van der Waals surface area contributed by atoms with Gasteiger partial charge in [0.15, 0.2) is 0 Å². The van der Waals surface area contributed by atoms with Crippen molar-refractivity contribution in [3.63, 3.8) is 0 Å². The van der Waals surface area contributed by atoms with Crippen LogP contribution in [-0.4, -0.2) is 6.41 Å². The molecule has 0 aliphatic heterocycles. The minimum absolute atomic E-state index is 0. The molecule has 12 rings (SSSR count). The van der Waals surface area contributed by atoms with Crippen molar-refractivity contribution in [2.75, 3.05) is 0 Å². The number of halogens is 2. The molecule has 0 atom stereocenters. The van der Waals surface area contributed by atoms with Gasteiger partial charge in [-0.15, -0.1) is 136 Å². The molecular formula is C74H72Cl2Zr2-2. The fourth-order valence-electron chi connectivity index (χ4n) is 9.69. The first-order valence-electron chi connectivity index (χ1n) is 26.4. The molecule has 0 nitrogen and oxygen atoms in total. The van der Waals surface area contributed by atoms with Crippen molar-refractivity contribution in [2.45, 2.75) is 83.1 Å². The summed E-state index contributed by atoms with van der Waals surface area (Å²) < 4.78 is 2.83. The molecule has 0 unspecified atom stereocenters. The van der Waals surface area contributed by atoms with Gasteiger partial charge in [0.1, 0.15) is 0 Å². The molecule has 12 aromatic carbocycles. The zero-order chi connectivity index (χ0) is 54.5. The van der Waals surface area contributed by atoms with Crippen LogP contribution in [0, 0.1) is 83.1 Å². The van der Waals surface area contributed by atoms with Gasteiger partial charge in [-0.2, -0.15) is 24.3 Å². The SMILES string of the molecule is Cc1cc2c(C)ccc(C)c2[cH-]1.Cc1cc2c(C)ccc(C)c2[cH-]1.Cc1cc2c(C)ccc(C)c2[cH-]1.Cc1cc2c(C)ccc(C)c2[cH-]1.[Cl-].[Cl-].[Zr+2]=[C](c1ccccc1)c1ccccc1.[Zr+2]=[C](c1ccccc1)c1ccccc1. The van der Waals surface area contributed by atoms with Crippen LogP contribution in [0.2, 0.25) is 0 Å². The first kappa shape index (κ1) is 63.1. The Morgan fingerprint density at radius 1 is 0.244 bits per heavy atom. The predicted octanol–water partition coefficient (Wildman–Crippen LogP) is 13.5. The quantitative estimate of drug-likeness (QED) is 0.154. The Bertz CT molecular complexity index is 3180.